The van der Waals surface area contributed by atoms with E-state index in [1.807, 2.05) is 0 Å². The van der Waals surface area contributed by atoms with Crippen molar-refractivity contribution in [2.45, 2.75) is 0 Å². The van der Waals surface area contributed by atoms with E-state index in [4.69, 9.17) is 11.2 Å². The van der Waals surface area contributed by atoms with Crippen molar-refractivity contribution in [2.75, 3.05) is 26.9 Å². The average Bonchev–Trinajstić information content (AvgIpc) is 2.16. The number of hydrogen-bond donors (Lipinski definition) is 0. The third kappa shape index (κ3) is 8.25. The topological polar surface area (TPSA) is 44.8 Å². The van der Waals surface area contributed by atoms with Gasteiger partial charge in [0.2, 0.25) is 0 Å². The van der Waals surface area contributed by atoms with E-state index in [1.165, 1.54) is 7.11 Å². The second-order valence-corrected chi connectivity index (χ2v) is 1.79. The molecule has 4 heteroatoms. The van der Waals surface area contributed by atoms with Gasteiger partial charge in [0.1, 0.15) is 13.2 Å². The van der Waals surface area contributed by atoms with Crippen molar-refractivity contribution in [3.05, 3.63) is 0 Å². The van der Waals surface area contributed by atoms with Gasteiger partial charge in [-0.3, -0.25) is 0 Å². The van der Waals surface area contributed by atoms with Gasteiger partial charge in [-0.15, -0.1) is 6.42 Å². The summed E-state index contributed by atoms with van der Waals surface area (Å²) in [6.07, 6.45) is 4.17. The third-order valence-electron chi connectivity index (χ3n) is 0.913. The number of hydrogen-bond acceptors (Lipinski definition) is 4. The lowest BCUT2D eigenvalue weighted by molar-refractivity contribution is 0.0832. The third-order valence-corrected chi connectivity index (χ3v) is 0.913. The smallest absolute Gasteiger partial charge is 0.438 e. The maximum absolute atomic E-state index is 10.4. The molecular formula is C9H10O4. The van der Waals surface area contributed by atoms with Crippen LogP contribution in [0.1, 0.15) is 0 Å². The lowest BCUT2D eigenvalue weighted by Crippen LogP contribution is -2.04. The molecule has 0 saturated carbocycles. The minimum atomic E-state index is -0.751. The van der Waals surface area contributed by atoms with Crippen LogP contribution in [0.5, 0.6) is 0 Å². The van der Waals surface area contributed by atoms with Gasteiger partial charge in [0.25, 0.3) is 0 Å². The molecule has 0 amide bonds. The summed E-state index contributed by atoms with van der Waals surface area (Å²) < 4.78 is 13.5. The first-order chi connectivity index (χ1) is 6.31. The highest BCUT2D eigenvalue weighted by Gasteiger charge is 1.94. The molecule has 0 heterocycles. The number of methoxy groups -OCH3 is 1. The predicted octanol–water partition coefficient (Wildman–Crippen LogP) is 0.423. The van der Waals surface area contributed by atoms with E-state index in [9.17, 15) is 4.79 Å². The Morgan fingerprint density at radius 2 is 2.00 bits per heavy atom. The highest BCUT2D eigenvalue weighted by atomic mass is 16.7. The molecule has 13 heavy (non-hydrogen) atoms. The summed E-state index contributed by atoms with van der Waals surface area (Å²) in [5.74, 6) is 7.43. The first-order valence-corrected chi connectivity index (χ1v) is 3.49. The number of carbonyl (C=O) groups is 1. The van der Waals surface area contributed by atoms with E-state index >= 15 is 0 Å². The Morgan fingerprint density at radius 1 is 1.31 bits per heavy atom. The van der Waals surface area contributed by atoms with Crippen molar-refractivity contribution in [2.24, 2.45) is 0 Å². The van der Waals surface area contributed by atoms with Crippen LogP contribution < -0.4 is 0 Å². The summed E-state index contributed by atoms with van der Waals surface area (Å²) in [4.78, 5) is 10.4. The Kier molecular flexibility index (Phi) is 7.37. The zero-order valence-electron chi connectivity index (χ0n) is 7.33. The summed E-state index contributed by atoms with van der Waals surface area (Å²) in [5, 5.41) is 0. The molecule has 70 valence electrons. The molecule has 0 aliphatic heterocycles. The molecule has 0 bridgehead atoms. The Labute approximate surface area is 77.2 Å². The molecule has 0 fully saturated rings. The van der Waals surface area contributed by atoms with Crippen molar-refractivity contribution in [1.82, 2.24) is 0 Å². The van der Waals surface area contributed by atoms with Gasteiger partial charge >= 0.3 is 6.16 Å². The fourth-order valence-electron chi connectivity index (χ4n) is 0.417. The molecule has 0 aliphatic carbocycles. The van der Waals surface area contributed by atoms with Crippen LogP contribution in [0, 0.1) is 24.2 Å². The molecule has 0 radical (unpaired) electrons. The van der Waals surface area contributed by atoms with Gasteiger partial charge in [-0.1, -0.05) is 17.8 Å². The molecule has 0 rings (SSSR count). The highest BCUT2D eigenvalue weighted by Crippen LogP contribution is 1.79. The maximum Gasteiger partial charge on any atom is 0.508 e. The number of carbonyl (C=O) groups excluding carboxylic acids is 1. The zero-order valence-corrected chi connectivity index (χ0v) is 7.33. The van der Waals surface area contributed by atoms with Crippen molar-refractivity contribution in [3.8, 4) is 24.2 Å². The molecule has 0 unspecified atom stereocenters. The van der Waals surface area contributed by atoms with Gasteiger partial charge in [-0.2, -0.15) is 0 Å². The minimum absolute atomic E-state index is 0.00785. The van der Waals surface area contributed by atoms with E-state index in [-0.39, 0.29) is 19.8 Å². The van der Waals surface area contributed by atoms with Crippen molar-refractivity contribution in [3.63, 3.8) is 0 Å². The Hall–Kier alpha value is -1.65. The molecule has 4 nitrogen and oxygen atoms in total. The second-order valence-electron chi connectivity index (χ2n) is 1.79. The summed E-state index contributed by atoms with van der Waals surface area (Å²) in [6.45, 7) is 0.452. The summed E-state index contributed by atoms with van der Waals surface area (Å²) in [5.41, 5.74) is 0. The predicted molar refractivity (Wildman–Crippen MR) is 45.8 cm³/mol. The van der Waals surface area contributed by atoms with Gasteiger partial charge in [0, 0.05) is 0 Å². The fourth-order valence-corrected chi connectivity index (χ4v) is 0.417. The van der Waals surface area contributed by atoms with Gasteiger partial charge in [-0.05, 0) is 0 Å². The number of ether oxygens (including phenoxy) is 3. The van der Waals surface area contributed by atoms with Crippen LogP contribution in [0.25, 0.3) is 0 Å². The normalized spacial score (nSPS) is 7.69. The van der Waals surface area contributed by atoms with Crippen LogP contribution in [-0.4, -0.2) is 33.1 Å². The van der Waals surface area contributed by atoms with E-state index in [1.54, 1.807) is 0 Å². The van der Waals surface area contributed by atoms with Crippen LogP contribution in [-0.2, 0) is 14.2 Å². The van der Waals surface area contributed by atoms with Crippen LogP contribution in [0.4, 0.5) is 4.79 Å². The average molecular weight is 182 g/mol. The van der Waals surface area contributed by atoms with Crippen LogP contribution in [0.2, 0.25) is 0 Å². The van der Waals surface area contributed by atoms with E-state index in [0.29, 0.717) is 0 Å². The van der Waals surface area contributed by atoms with Crippen molar-refractivity contribution in [1.29, 1.82) is 0 Å². The van der Waals surface area contributed by atoms with Gasteiger partial charge in [0.15, 0.2) is 6.61 Å². The summed E-state index contributed by atoms with van der Waals surface area (Å²) in [6, 6.07) is 0. The lowest BCUT2D eigenvalue weighted by atomic mass is 10.6. The minimum Gasteiger partial charge on any atom is -0.438 e. The monoisotopic (exact) mass is 182 g/mol. The quantitative estimate of drug-likeness (QED) is 0.360. The molecule has 0 saturated heterocycles. The summed E-state index contributed by atoms with van der Waals surface area (Å²) in [7, 11) is 1.23. The lowest BCUT2D eigenvalue weighted by Gasteiger charge is -1.95. The molecular weight excluding hydrogens is 172 g/mol. The van der Waals surface area contributed by atoms with Crippen LogP contribution >= 0.6 is 0 Å². The maximum atomic E-state index is 10.4. The van der Waals surface area contributed by atoms with Gasteiger partial charge in [-0.25, -0.2) is 4.79 Å². The van der Waals surface area contributed by atoms with E-state index < -0.39 is 6.16 Å². The number of terminal acetylenes is 1. The Morgan fingerprint density at radius 3 is 2.62 bits per heavy atom. The molecule has 0 aromatic carbocycles. The second kappa shape index (κ2) is 8.45. The number of rotatable bonds is 3. The molecule has 0 aromatic rings. The van der Waals surface area contributed by atoms with E-state index in [2.05, 4.69) is 27.2 Å². The van der Waals surface area contributed by atoms with Gasteiger partial charge in [0.05, 0.1) is 7.11 Å². The summed E-state index contributed by atoms with van der Waals surface area (Å²) >= 11 is 0. The fraction of sp³-hybridized carbons (Fsp3) is 0.444. The molecule has 0 atom stereocenters. The zero-order chi connectivity index (χ0) is 9.94. The molecule has 0 aliphatic rings. The van der Waals surface area contributed by atoms with Crippen molar-refractivity contribution < 1.29 is 19.0 Å². The molecule has 0 aromatic heterocycles. The highest BCUT2D eigenvalue weighted by molar-refractivity contribution is 5.59. The molecule has 0 N–H and O–H groups in total. The van der Waals surface area contributed by atoms with Crippen molar-refractivity contribution >= 4 is 6.16 Å². The Balaban J connectivity index is 3.31. The SMILES string of the molecule is C#CCOCC#CCOC(=O)OC. The first-order valence-electron chi connectivity index (χ1n) is 3.49. The van der Waals surface area contributed by atoms with E-state index in [0.717, 1.165) is 0 Å². The largest absolute Gasteiger partial charge is 0.508 e. The molecule has 0 spiro atoms. The first kappa shape index (κ1) is 11.4. The Bertz CT molecular complexity index is 241. The van der Waals surface area contributed by atoms with Crippen LogP contribution in [0.15, 0.2) is 0 Å². The van der Waals surface area contributed by atoms with Crippen LogP contribution in [0.3, 0.4) is 0 Å². The standard InChI is InChI=1S/C9H10O4/c1-3-6-12-7-4-5-8-13-9(10)11-2/h1H,6-8H2,2H3. The van der Waals surface area contributed by atoms with Gasteiger partial charge < -0.3 is 14.2 Å².